The van der Waals surface area contributed by atoms with Crippen molar-refractivity contribution in [2.24, 2.45) is 5.10 Å². The first kappa shape index (κ1) is 18.3. The summed E-state index contributed by atoms with van der Waals surface area (Å²) in [5, 5.41) is 16.2. The second-order valence-corrected chi connectivity index (χ2v) is 6.70. The molecule has 1 N–H and O–H groups in total. The Morgan fingerprint density at radius 1 is 1.14 bits per heavy atom. The van der Waals surface area contributed by atoms with Crippen molar-refractivity contribution in [3.63, 3.8) is 0 Å². The topological polar surface area (TPSA) is 63.8 Å². The monoisotopic (exact) mass is 412 g/mol. The van der Waals surface area contributed by atoms with Crippen LogP contribution >= 0.6 is 23.8 Å². The van der Waals surface area contributed by atoms with E-state index in [0.717, 1.165) is 5.56 Å². The number of H-pyrrole nitrogens is 1. The van der Waals surface area contributed by atoms with Gasteiger partial charge in [0.25, 0.3) is 0 Å². The first-order valence-corrected chi connectivity index (χ1v) is 9.11. The Kier molecular flexibility index (Phi) is 4.89. The smallest absolute Gasteiger partial charge is 0.216 e. The third-order valence-electron chi connectivity index (χ3n) is 4.10. The first-order valence-electron chi connectivity index (χ1n) is 8.33. The fourth-order valence-corrected chi connectivity index (χ4v) is 3.20. The molecule has 0 aliphatic heterocycles. The van der Waals surface area contributed by atoms with Gasteiger partial charge in [0.15, 0.2) is 5.82 Å². The average molecular weight is 413 g/mol. The third kappa shape index (κ3) is 3.39. The van der Waals surface area contributed by atoms with Crippen molar-refractivity contribution in [3.8, 4) is 17.1 Å². The summed E-state index contributed by atoms with van der Waals surface area (Å²) in [6.07, 6.45) is 1.59. The van der Waals surface area contributed by atoms with Gasteiger partial charge in [0, 0.05) is 5.56 Å². The fraction of sp³-hybridized carbons (Fsp3) is 0.0526. The number of aryl methyl sites for hydroxylation is 1. The molecule has 4 rings (SSSR count). The Balaban J connectivity index is 1.73. The lowest BCUT2D eigenvalue weighted by atomic mass is 10.2. The van der Waals surface area contributed by atoms with Gasteiger partial charge in [-0.25, -0.2) is 14.2 Å². The van der Waals surface area contributed by atoms with E-state index in [1.807, 2.05) is 37.3 Å². The number of hydrogen-bond acceptors (Lipinski definition) is 4. The SMILES string of the molecule is Cc1nn(-c2ccc(F)cc2)c(Cl)c1/C=N/n1c(-c2ccccc2)n[nH]c1=S. The minimum atomic E-state index is -0.326. The standard InChI is InChI=1S/C19H14ClFN6S/c1-12-16(17(20)26(25-12)15-9-7-14(21)8-10-15)11-22-27-18(23-24-19(27)28)13-5-3-2-4-6-13/h2-11H,1H3,(H,24,28)/b22-11+. The van der Waals surface area contributed by atoms with Crippen molar-refractivity contribution in [2.45, 2.75) is 6.92 Å². The minimum absolute atomic E-state index is 0.326. The predicted octanol–water partition coefficient (Wildman–Crippen LogP) is 4.78. The zero-order valence-corrected chi connectivity index (χ0v) is 16.2. The van der Waals surface area contributed by atoms with E-state index in [2.05, 4.69) is 20.4 Å². The molecule has 28 heavy (non-hydrogen) atoms. The van der Waals surface area contributed by atoms with Gasteiger partial charge in [-0.1, -0.05) is 41.9 Å². The normalized spacial score (nSPS) is 11.4. The van der Waals surface area contributed by atoms with Crippen LogP contribution in [-0.2, 0) is 0 Å². The Bertz CT molecular complexity index is 1210. The number of rotatable bonds is 4. The highest BCUT2D eigenvalue weighted by Gasteiger charge is 2.14. The third-order valence-corrected chi connectivity index (χ3v) is 4.73. The first-order chi connectivity index (χ1) is 13.5. The maximum absolute atomic E-state index is 13.2. The molecule has 0 amide bonds. The number of aromatic nitrogens is 5. The molecule has 2 heterocycles. The van der Waals surface area contributed by atoms with Crippen LogP contribution in [0.5, 0.6) is 0 Å². The Morgan fingerprint density at radius 3 is 2.57 bits per heavy atom. The number of halogens is 2. The lowest BCUT2D eigenvalue weighted by Gasteiger charge is -2.02. The van der Waals surface area contributed by atoms with Gasteiger partial charge in [-0.3, -0.25) is 0 Å². The molecule has 9 heteroatoms. The molecule has 2 aromatic heterocycles. The summed E-state index contributed by atoms with van der Waals surface area (Å²) in [7, 11) is 0. The van der Waals surface area contributed by atoms with E-state index in [4.69, 9.17) is 23.8 Å². The summed E-state index contributed by atoms with van der Waals surface area (Å²) in [6, 6.07) is 15.5. The number of nitrogens with one attached hydrogen (secondary N) is 1. The molecule has 0 saturated heterocycles. The number of aromatic amines is 1. The molecule has 0 aliphatic carbocycles. The highest BCUT2D eigenvalue weighted by atomic mass is 35.5. The molecule has 0 radical (unpaired) electrons. The number of benzene rings is 2. The molecule has 6 nitrogen and oxygen atoms in total. The van der Waals surface area contributed by atoms with Gasteiger partial charge in [0.05, 0.1) is 23.2 Å². The van der Waals surface area contributed by atoms with Crippen molar-refractivity contribution in [2.75, 3.05) is 0 Å². The van der Waals surface area contributed by atoms with E-state index in [0.29, 0.717) is 32.7 Å². The van der Waals surface area contributed by atoms with Crippen LogP contribution in [0, 0.1) is 17.5 Å². The molecule has 140 valence electrons. The Labute approximate surface area is 169 Å². The summed E-state index contributed by atoms with van der Waals surface area (Å²) in [6.45, 7) is 1.82. The van der Waals surface area contributed by atoms with Gasteiger partial charge in [0.2, 0.25) is 4.77 Å². The maximum Gasteiger partial charge on any atom is 0.216 e. The van der Waals surface area contributed by atoms with Crippen LogP contribution in [0.3, 0.4) is 0 Å². The van der Waals surface area contributed by atoms with Gasteiger partial charge < -0.3 is 0 Å². The van der Waals surface area contributed by atoms with Crippen LogP contribution in [0.15, 0.2) is 59.7 Å². The Hall–Kier alpha value is -3.10. The van der Waals surface area contributed by atoms with Gasteiger partial charge in [-0.15, -0.1) is 0 Å². The molecule has 4 aromatic rings. The summed E-state index contributed by atoms with van der Waals surface area (Å²) < 4.78 is 16.6. The lowest BCUT2D eigenvalue weighted by molar-refractivity contribution is 0.627. The minimum Gasteiger partial charge on any atom is -0.250 e. The largest absolute Gasteiger partial charge is 0.250 e. The predicted molar refractivity (Wildman–Crippen MR) is 109 cm³/mol. The summed E-state index contributed by atoms with van der Waals surface area (Å²) in [5.74, 6) is 0.259. The molecular weight excluding hydrogens is 399 g/mol. The average Bonchev–Trinajstić information content (AvgIpc) is 3.21. The van der Waals surface area contributed by atoms with E-state index in [1.54, 1.807) is 18.3 Å². The van der Waals surface area contributed by atoms with Crippen LogP contribution in [0.1, 0.15) is 11.3 Å². The van der Waals surface area contributed by atoms with Crippen molar-refractivity contribution in [1.29, 1.82) is 0 Å². The van der Waals surface area contributed by atoms with E-state index < -0.39 is 0 Å². The second kappa shape index (κ2) is 7.49. The van der Waals surface area contributed by atoms with Crippen molar-refractivity contribution in [3.05, 3.63) is 81.6 Å². The Morgan fingerprint density at radius 2 is 1.86 bits per heavy atom. The molecule has 0 atom stereocenters. The van der Waals surface area contributed by atoms with Gasteiger partial charge in [-0.05, 0) is 43.4 Å². The molecule has 0 spiro atoms. The van der Waals surface area contributed by atoms with Crippen LogP contribution in [0.4, 0.5) is 4.39 Å². The summed E-state index contributed by atoms with van der Waals surface area (Å²) >= 11 is 11.8. The molecule has 0 fully saturated rings. The zero-order chi connectivity index (χ0) is 19.7. The maximum atomic E-state index is 13.2. The van der Waals surface area contributed by atoms with Gasteiger partial charge >= 0.3 is 0 Å². The molecule has 0 bridgehead atoms. The molecular formula is C19H14ClFN6S. The van der Waals surface area contributed by atoms with E-state index in [1.165, 1.54) is 21.5 Å². The van der Waals surface area contributed by atoms with E-state index in [-0.39, 0.29) is 5.82 Å². The van der Waals surface area contributed by atoms with Crippen molar-refractivity contribution in [1.82, 2.24) is 24.7 Å². The molecule has 0 saturated carbocycles. The van der Waals surface area contributed by atoms with E-state index >= 15 is 0 Å². The van der Waals surface area contributed by atoms with Crippen LogP contribution in [0.25, 0.3) is 17.1 Å². The van der Waals surface area contributed by atoms with Crippen LogP contribution in [-0.4, -0.2) is 30.9 Å². The molecule has 2 aromatic carbocycles. The highest BCUT2D eigenvalue weighted by Crippen LogP contribution is 2.23. The van der Waals surface area contributed by atoms with Crippen molar-refractivity contribution < 1.29 is 4.39 Å². The van der Waals surface area contributed by atoms with Crippen LogP contribution in [0.2, 0.25) is 5.15 Å². The van der Waals surface area contributed by atoms with Crippen molar-refractivity contribution >= 4 is 30.0 Å². The number of hydrogen-bond donors (Lipinski definition) is 1. The highest BCUT2D eigenvalue weighted by molar-refractivity contribution is 7.71. The lowest BCUT2D eigenvalue weighted by Crippen LogP contribution is -1.97. The fourth-order valence-electron chi connectivity index (χ4n) is 2.70. The number of nitrogens with zero attached hydrogens (tertiary/aromatic N) is 5. The van der Waals surface area contributed by atoms with Crippen LogP contribution < -0.4 is 0 Å². The summed E-state index contributed by atoms with van der Waals surface area (Å²) in [4.78, 5) is 0. The molecule has 0 aliphatic rings. The van der Waals surface area contributed by atoms with Gasteiger partial charge in [0.1, 0.15) is 11.0 Å². The molecule has 0 unspecified atom stereocenters. The van der Waals surface area contributed by atoms with Gasteiger partial charge in [-0.2, -0.15) is 20.0 Å². The zero-order valence-electron chi connectivity index (χ0n) is 14.7. The second-order valence-electron chi connectivity index (χ2n) is 5.95. The summed E-state index contributed by atoms with van der Waals surface area (Å²) in [5.41, 5.74) is 2.83. The quantitative estimate of drug-likeness (QED) is 0.387. The van der Waals surface area contributed by atoms with E-state index in [9.17, 15) is 4.39 Å².